The van der Waals surface area contributed by atoms with Gasteiger partial charge >= 0.3 is 0 Å². The minimum Gasteiger partial charge on any atom is -0.476 e. The van der Waals surface area contributed by atoms with Crippen LogP contribution in [0.25, 0.3) is 22.1 Å². The van der Waals surface area contributed by atoms with E-state index in [1.807, 2.05) is 35.4 Å². The minimum atomic E-state index is 0.704. The zero-order valence-corrected chi connectivity index (χ0v) is 35.9. The third-order valence-corrected chi connectivity index (χ3v) is 11.5. The summed E-state index contributed by atoms with van der Waals surface area (Å²) in [6.45, 7) is 10.0. The summed E-state index contributed by atoms with van der Waals surface area (Å²) in [5.74, 6) is 1.41. The Bertz CT molecular complexity index is 1460. The van der Waals surface area contributed by atoms with E-state index in [-0.39, 0.29) is 0 Å². The van der Waals surface area contributed by atoms with Crippen molar-refractivity contribution in [3.63, 3.8) is 0 Å². The van der Waals surface area contributed by atoms with Gasteiger partial charge in [-0.15, -0.1) is 22.7 Å². The van der Waals surface area contributed by atoms with E-state index in [1.165, 1.54) is 161 Å². The van der Waals surface area contributed by atoms with Gasteiger partial charge in [-0.3, -0.25) is 0 Å². The van der Waals surface area contributed by atoms with E-state index in [0.29, 0.717) is 11.8 Å². The number of fused-ring (bicyclic) bond motifs is 2. The summed E-state index contributed by atoms with van der Waals surface area (Å²) in [5.41, 5.74) is 5.63. The molecule has 4 rings (SSSR count). The highest BCUT2D eigenvalue weighted by atomic mass is 32.1. The number of aryl methyl sites for hydroxylation is 2. The van der Waals surface area contributed by atoms with E-state index in [4.69, 9.17) is 9.47 Å². The van der Waals surface area contributed by atoms with Crippen molar-refractivity contribution >= 4 is 44.7 Å². The molecule has 4 heterocycles. The van der Waals surface area contributed by atoms with Crippen LogP contribution in [0.4, 0.5) is 0 Å². The van der Waals surface area contributed by atoms with E-state index in [9.17, 15) is 0 Å². The van der Waals surface area contributed by atoms with Gasteiger partial charge in [0.25, 0.3) is 0 Å². The van der Waals surface area contributed by atoms with Crippen molar-refractivity contribution in [2.75, 3.05) is 13.2 Å². The van der Waals surface area contributed by atoms with Gasteiger partial charge < -0.3 is 9.47 Å². The third kappa shape index (κ3) is 20.3. The van der Waals surface area contributed by atoms with Gasteiger partial charge in [-0.25, -0.2) is 19.9 Å². The van der Waals surface area contributed by atoms with Crippen LogP contribution in [0, 0.1) is 13.8 Å². The average molecular weight is 767 g/mol. The van der Waals surface area contributed by atoms with E-state index >= 15 is 0 Å². The second-order valence-corrected chi connectivity index (χ2v) is 16.5. The number of unbranched alkanes of at least 4 members (excludes halogenated alkanes) is 25. The molecule has 0 aliphatic heterocycles. The molecule has 0 saturated heterocycles. The number of nitrogens with zero attached hydrogens (tertiary/aromatic N) is 4. The first-order valence-electron chi connectivity index (χ1n) is 21.8. The van der Waals surface area contributed by atoms with Gasteiger partial charge in [-0.05, 0) is 26.7 Å². The molecule has 0 bridgehead atoms. The van der Waals surface area contributed by atoms with Gasteiger partial charge in [-0.1, -0.05) is 174 Å². The van der Waals surface area contributed by atoms with Crippen molar-refractivity contribution in [3.05, 3.63) is 32.9 Å². The maximum Gasteiger partial charge on any atom is 0.235 e. The monoisotopic (exact) mass is 767 g/mol. The van der Waals surface area contributed by atoms with Gasteiger partial charge in [0.2, 0.25) is 11.8 Å². The predicted molar refractivity (Wildman–Crippen MR) is 231 cm³/mol. The maximum atomic E-state index is 5.85. The van der Waals surface area contributed by atoms with Gasteiger partial charge in [0, 0.05) is 21.5 Å². The number of rotatable bonds is 31. The Labute approximate surface area is 331 Å². The van der Waals surface area contributed by atoms with E-state index in [0.717, 1.165) is 59.5 Å². The molecule has 4 aromatic heterocycles. The molecule has 0 aromatic carbocycles. The highest BCUT2D eigenvalue weighted by Gasteiger charge is 2.08. The first-order valence-corrected chi connectivity index (χ1v) is 23.7. The summed E-state index contributed by atoms with van der Waals surface area (Å²) >= 11 is 3.28. The second-order valence-electron chi connectivity index (χ2n) is 15.0. The van der Waals surface area contributed by atoms with Gasteiger partial charge in [-0.2, -0.15) is 0 Å². The van der Waals surface area contributed by atoms with Crippen molar-refractivity contribution in [2.24, 2.45) is 0 Å². The van der Waals surface area contributed by atoms with Crippen molar-refractivity contribution in [2.45, 2.75) is 201 Å². The first kappa shape index (κ1) is 45.1. The van der Waals surface area contributed by atoms with Gasteiger partial charge in [0.1, 0.15) is 22.4 Å². The van der Waals surface area contributed by atoms with Crippen LogP contribution in [0.15, 0.2) is 21.5 Å². The van der Waals surface area contributed by atoms with Crippen LogP contribution in [0.3, 0.4) is 0 Å². The summed E-state index contributed by atoms with van der Waals surface area (Å²) in [7, 11) is 0. The molecule has 0 unspecified atom stereocenters. The Kier molecular flexibility index (Phi) is 25.5. The molecule has 298 valence electrons. The lowest BCUT2D eigenvalue weighted by Gasteiger charge is -2.07. The zero-order valence-electron chi connectivity index (χ0n) is 34.2. The lowest BCUT2D eigenvalue weighted by molar-refractivity contribution is 0.290. The quantitative estimate of drug-likeness (QED) is 0.0475. The fourth-order valence-corrected chi connectivity index (χ4v) is 8.11. The lowest BCUT2D eigenvalue weighted by Crippen LogP contribution is -2.02. The molecule has 0 N–H and O–H groups in total. The molecule has 8 heteroatoms. The predicted octanol–water partition coefficient (Wildman–Crippen LogP) is 15.3. The van der Waals surface area contributed by atoms with Gasteiger partial charge in [0.05, 0.1) is 24.2 Å². The third-order valence-electron chi connectivity index (χ3n) is 10.1. The number of hydrogen-bond donors (Lipinski definition) is 0. The van der Waals surface area contributed by atoms with Crippen LogP contribution < -0.4 is 9.47 Å². The fourth-order valence-electron chi connectivity index (χ4n) is 6.77. The Morgan fingerprint density at radius 1 is 0.358 bits per heavy atom. The van der Waals surface area contributed by atoms with Crippen LogP contribution >= 0.6 is 22.7 Å². The molecule has 0 spiro atoms. The second kappa shape index (κ2) is 30.0. The standard InChI is InChI=1S/C23H38N2OS.C22H36N2OS/c1-3-4-5-6-7-8-9-10-11-12-13-14-15-16-17-26-23-20(2)24-21-18-27-19-22(21)25-23;1-3-4-5-6-7-8-9-10-11-12-13-14-15-16-25-22-19(2)23-20-17-26-18-21(20)24-22/h18-19H,3-17H2,1-2H3;17-18H,3-16H2,1-2H3. The van der Waals surface area contributed by atoms with Crippen molar-refractivity contribution in [1.82, 2.24) is 19.9 Å². The van der Waals surface area contributed by atoms with E-state index in [1.54, 1.807) is 22.7 Å². The summed E-state index contributed by atoms with van der Waals surface area (Å²) in [4.78, 5) is 18.2. The summed E-state index contributed by atoms with van der Waals surface area (Å²) < 4.78 is 11.7. The molecule has 0 radical (unpaired) electrons. The average Bonchev–Trinajstić information content (AvgIpc) is 3.82. The SMILES string of the molecule is CCCCCCCCCCCCCCCCOc1nc2cscc2nc1C.CCCCCCCCCCCCCCCOc1nc2cscc2nc1C. The molecular weight excluding hydrogens is 693 g/mol. The lowest BCUT2D eigenvalue weighted by atomic mass is 10.0. The van der Waals surface area contributed by atoms with Crippen molar-refractivity contribution < 1.29 is 9.47 Å². The summed E-state index contributed by atoms with van der Waals surface area (Å²) in [5, 5.41) is 8.12. The minimum absolute atomic E-state index is 0.704. The molecular formula is C45H74N4O2S2. The normalized spacial score (nSPS) is 11.3. The number of aromatic nitrogens is 4. The number of ether oxygens (including phenoxy) is 2. The van der Waals surface area contributed by atoms with Crippen molar-refractivity contribution in [3.8, 4) is 11.8 Å². The molecule has 0 aliphatic rings. The Balaban J connectivity index is 0.000000286. The highest BCUT2D eigenvalue weighted by Crippen LogP contribution is 2.23. The Morgan fingerprint density at radius 2 is 0.604 bits per heavy atom. The summed E-state index contributed by atoms with van der Waals surface area (Å²) in [6.07, 6.45) is 37.1. The molecule has 0 atom stereocenters. The van der Waals surface area contributed by atoms with Crippen LogP contribution in [0.2, 0.25) is 0 Å². The molecule has 0 saturated carbocycles. The zero-order chi connectivity index (χ0) is 37.6. The van der Waals surface area contributed by atoms with E-state index < -0.39 is 0 Å². The Morgan fingerprint density at radius 3 is 0.887 bits per heavy atom. The van der Waals surface area contributed by atoms with Gasteiger partial charge in [0.15, 0.2) is 0 Å². The maximum absolute atomic E-state index is 5.85. The molecule has 4 aromatic rings. The largest absolute Gasteiger partial charge is 0.476 e. The molecule has 6 nitrogen and oxygen atoms in total. The van der Waals surface area contributed by atoms with Crippen LogP contribution in [-0.2, 0) is 0 Å². The molecule has 0 aliphatic carbocycles. The van der Waals surface area contributed by atoms with Crippen LogP contribution in [0.5, 0.6) is 11.8 Å². The Hall–Kier alpha value is -2.32. The summed E-state index contributed by atoms with van der Waals surface area (Å²) in [6, 6.07) is 0. The topological polar surface area (TPSA) is 70.0 Å². The smallest absolute Gasteiger partial charge is 0.235 e. The van der Waals surface area contributed by atoms with Crippen LogP contribution in [-0.4, -0.2) is 33.1 Å². The molecule has 0 fully saturated rings. The first-order chi connectivity index (χ1) is 26.1. The number of thiophene rings is 2. The highest BCUT2D eigenvalue weighted by molar-refractivity contribution is 7.09. The number of hydrogen-bond acceptors (Lipinski definition) is 8. The molecule has 53 heavy (non-hydrogen) atoms. The fraction of sp³-hybridized carbons (Fsp3) is 0.733. The van der Waals surface area contributed by atoms with Crippen LogP contribution in [0.1, 0.15) is 199 Å². The molecule has 0 amide bonds. The van der Waals surface area contributed by atoms with E-state index in [2.05, 4.69) is 33.8 Å². The van der Waals surface area contributed by atoms with Crippen molar-refractivity contribution in [1.29, 1.82) is 0 Å².